The van der Waals surface area contributed by atoms with E-state index in [9.17, 15) is 9.59 Å². The highest BCUT2D eigenvalue weighted by molar-refractivity contribution is 9.10. The van der Waals surface area contributed by atoms with Crippen LogP contribution in [0.25, 0.3) is 5.69 Å². The van der Waals surface area contributed by atoms with Crippen LogP contribution in [0.2, 0.25) is 0 Å². The highest BCUT2D eigenvalue weighted by Gasteiger charge is 2.31. The minimum absolute atomic E-state index is 0. The van der Waals surface area contributed by atoms with Gasteiger partial charge in [-0.15, -0.1) is 29.7 Å². The molecule has 0 atom stereocenters. The average molecular weight is 644 g/mol. The fourth-order valence-corrected chi connectivity index (χ4v) is 5.62. The van der Waals surface area contributed by atoms with Gasteiger partial charge in [-0.05, 0) is 43.7 Å². The quantitative estimate of drug-likeness (QED) is 0.0899. The van der Waals surface area contributed by atoms with Gasteiger partial charge in [-0.2, -0.15) is 4.57 Å². The molecule has 0 amide bonds. The third kappa shape index (κ3) is 6.52. The van der Waals surface area contributed by atoms with Gasteiger partial charge >= 0.3 is 5.97 Å². The fraction of sp³-hybridized carbons (Fsp3) is 0.208. The molecule has 0 aliphatic rings. The maximum atomic E-state index is 13.4. The topological polar surface area (TPSA) is 47.3 Å². The second-order valence-electron chi connectivity index (χ2n) is 6.75. The summed E-state index contributed by atoms with van der Waals surface area (Å²) < 4.78 is 9.06. The number of thioether (sulfide) groups is 1. The normalized spacial score (nSPS) is 10.3. The Morgan fingerprint density at radius 2 is 1.84 bits per heavy atom. The zero-order valence-corrected chi connectivity index (χ0v) is 23.1. The summed E-state index contributed by atoms with van der Waals surface area (Å²) in [7, 11) is 0. The number of aromatic nitrogens is 1. The highest BCUT2D eigenvalue weighted by Crippen LogP contribution is 2.38. The third-order valence-electron chi connectivity index (χ3n) is 4.47. The molecule has 2 heterocycles. The van der Waals surface area contributed by atoms with E-state index in [-0.39, 0.29) is 42.2 Å². The van der Waals surface area contributed by atoms with Gasteiger partial charge in [0.05, 0.1) is 23.5 Å². The van der Waals surface area contributed by atoms with Gasteiger partial charge in [-0.25, -0.2) is 0 Å². The lowest BCUT2D eigenvalue weighted by Gasteiger charge is -2.06. The van der Waals surface area contributed by atoms with Crippen LogP contribution in [0.3, 0.4) is 0 Å². The number of aryl methyl sites for hydroxylation is 1. The van der Waals surface area contributed by atoms with Gasteiger partial charge in [0.25, 0.3) is 0 Å². The van der Waals surface area contributed by atoms with E-state index in [1.165, 1.54) is 11.3 Å². The molecule has 3 rings (SSSR count). The summed E-state index contributed by atoms with van der Waals surface area (Å²) in [5.74, 6) is 0.251. The molecule has 0 saturated heterocycles. The number of thiophene rings is 1. The number of esters is 1. The van der Waals surface area contributed by atoms with Gasteiger partial charge in [0, 0.05) is 27.9 Å². The Hall–Kier alpha value is -1.49. The predicted octanol–water partition coefficient (Wildman–Crippen LogP) is 2.71. The van der Waals surface area contributed by atoms with Crippen molar-refractivity contribution in [2.45, 2.75) is 24.5 Å². The smallest absolute Gasteiger partial charge is 0.310 e. The number of nitrogens with zero attached hydrogens (tertiary/aromatic N) is 1. The van der Waals surface area contributed by atoms with E-state index >= 15 is 0 Å². The molecule has 0 saturated carbocycles. The van der Waals surface area contributed by atoms with E-state index in [4.69, 9.17) is 4.74 Å². The van der Waals surface area contributed by atoms with E-state index in [0.29, 0.717) is 28.4 Å². The van der Waals surface area contributed by atoms with Crippen LogP contribution in [-0.4, -0.2) is 24.1 Å². The van der Waals surface area contributed by atoms with Crippen LogP contribution in [0.5, 0.6) is 0 Å². The van der Waals surface area contributed by atoms with Crippen LogP contribution in [0.4, 0.5) is 0 Å². The lowest BCUT2D eigenvalue weighted by atomic mass is 10.0. The first-order valence-corrected chi connectivity index (χ1v) is 12.4. The van der Waals surface area contributed by atoms with Crippen molar-refractivity contribution in [2.24, 2.45) is 0 Å². The number of hydrogen-bond acceptors (Lipinski definition) is 5. The Kier molecular flexibility index (Phi) is 10.6. The molecule has 4 nitrogen and oxygen atoms in total. The molecule has 1 aromatic carbocycles. The molecule has 32 heavy (non-hydrogen) atoms. The van der Waals surface area contributed by atoms with Gasteiger partial charge in [0.2, 0.25) is 11.5 Å². The Morgan fingerprint density at radius 1 is 1.19 bits per heavy atom. The van der Waals surface area contributed by atoms with Crippen LogP contribution in [0.15, 0.2) is 70.1 Å². The first-order valence-electron chi connectivity index (χ1n) is 9.78. The van der Waals surface area contributed by atoms with E-state index in [1.807, 2.05) is 54.2 Å². The van der Waals surface area contributed by atoms with Crippen LogP contribution in [0, 0.1) is 6.92 Å². The molecule has 0 radical (unpaired) electrons. The lowest BCUT2D eigenvalue weighted by molar-refractivity contribution is -0.598. The van der Waals surface area contributed by atoms with Crippen molar-refractivity contribution in [1.29, 1.82) is 0 Å². The number of ether oxygens (including phenoxy) is 1. The molecular formula is C24H23BrINO3S2. The molecule has 3 aromatic rings. The second-order valence-corrected chi connectivity index (χ2v) is 9.97. The van der Waals surface area contributed by atoms with E-state index in [1.54, 1.807) is 30.8 Å². The van der Waals surface area contributed by atoms with E-state index in [2.05, 4.69) is 22.5 Å². The second kappa shape index (κ2) is 12.7. The van der Waals surface area contributed by atoms with Crippen molar-refractivity contribution in [3.05, 3.63) is 87.5 Å². The summed E-state index contributed by atoms with van der Waals surface area (Å²) in [4.78, 5) is 26.5. The molecule has 8 heteroatoms. The van der Waals surface area contributed by atoms with Gasteiger partial charge in [0.1, 0.15) is 4.21 Å². The molecule has 0 aliphatic carbocycles. The SMILES string of the molecule is C=CCSc1sc(C(=O)c2ccc(Br)cc2)c(CC(=O)OCC)c1-[n+]1ccc(C)cc1.[I-]. The molecule has 2 aromatic heterocycles. The maximum Gasteiger partial charge on any atom is 0.310 e. The zero-order chi connectivity index (χ0) is 22.4. The largest absolute Gasteiger partial charge is 1.00 e. The minimum atomic E-state index is -0.348. The summed E-state index contributed by atoms with van der Waals surface area (Å²) >= 11 is 6.43. The number of carbonyl (C=O) groups is 2. The third-order valence-corrected chi connectivity index (χ3v) is 7.48. The number of pyridine rings is 1. The summed E-state index contributed by atoms with van der Waals surface area (Å²) in [6, 6.07) is 11.3. The first-order chi connectivity index (χ1) is 14.9. The molecule has 0 N–H and O–H groups in total. The summed E-state index contributed by atoms with van der Waals surface area (Å²) in [5.41, 5.74) is 3.25. The molecule has 0 fully saturated rings. The van der Waals surface area contributed by atoms with Crippen LogP contribution in [-0.2, 0) is 16.0 Å². The Morgan fingerprint density at radius 3 is 2.44 bits per heavy atom. The number of carbonyl (C=O) groups excluding carboxylic acids is 2. The van der Waals surface area contributed by atoms with Crippen molar-refractivity contribution in [1.82, 2.24) is 0 Å². The minimum Gasteiger partial charge on any atom is -1.00 e. The zero-order valence-electron chi connectivity index (χ0n) is 17.8. The number of halogens is 2. The van der Waals surface area contributed by atoms with Gasteiger partial charge in [0.15, 0.2) is 12.4 Å². The lowest BCUT2D eigenvalue weighted by Crippen LogP contribution is -3.00. The standard InChI is InChI=1S/C24H23BrNO3S2.HI/c1-4-14-30-24-21(26-12-10-16(3)11-13-26)19(15-20(27)29-5-2)23(31-24)22(28)17-6-8-18(25)9-7-17;/h4,6-13H,1,5,14-15H2,2-3H3;1H/q+1;/p-1. The average Bonchev–Trinajstić information content (AvgIpc) is 3.11. The fourth-order valence-electron chi connectivity index (χ4n) is 3.01. The van der Waals surface area contributed by atoms with Crippen molar-refractivity contribution in [3.63, 3.8) is 0 Å². The van der Waals surface area contributed by atoms with Crippen molar-refractivity contribution >= 4 is 50.8 Å². The van der Waals surface area contributed by atoms with Crippen LogP contribution < -0.4 is 28.5 Å². The van der Waals surface area contributed by atoms with Gasteiger partial charge in [-0.3, -0.25) is 9.59 Å². The summed E-state index contributed by atoms with van der Waals surface area (Å²) in [5, 5.41) is 0. The number of rotatable bonds is 9. The monoisotopic (exact) mass is 643 g/mol. The Bertz CT molecular complexity index is 1100. The van der Waals surface area contributed by atoms with E-state index in [0.717, 1.165) is 19.9 Å². The number of ketones is 1. The van der Waals surface area contributed by atoms with Crippen molar-refractivity contribution in [3.8, 4) is 5.69 Å². The number of hydrogen-bond donors (Lipinski definition) is 0. The maximum absolute atomic E-state index is 13.4. The van der Waals surface area contributed by atoms with Crippen molar-refractivity contribution < 1.29 is 42.9 Å². The summed E-state index contributed by atoms with van der Waals surface area (Å²) in [6.07, 6.45) is 5.78. The molecule has 0 aliphatic heterocycles. The van der Waals surface area contributed by atoms with Gasteiger partial charge < -0.3 is 28.7 Å². The Labute approximate surface area is 222 Å². The summed E-state index contributed by atoms with van der Waals surface area (Å²) in [6.45, 7) is 7.91. The molecule has 0 unspecified atom stereocenters. The van der Waals surface area contributed by atoms with Gasteiger partial charge in [-0.1, -0.05) is 22.0 Å². The van der Waals surface area contributed by atoms with E-state index < -0.39 is 0 Å². The van der Waals surface area contributed by atoms with Crippen LogP contribution >= 0.6 is 39.0 Å². The van der Waals surface area contributed by atoms with Crippen molar-refractivity contribution in [2.75, 3.05) is 12.4 Å². The number of benzene rings is 1. The molecular weight excluding hydrogens is 621 g/mol. The molecule has 168 valence electrons. The highest BCUT2D eigenvalue weighted by atomic mass is 127. The first kappa shape index (κ1) is 26.8. The predicted molar refractivity (Wildman–Crippen MR) is 129 cm³/mol. The molecule has 0 spiro atoms. The van der Waals surface area contributed by atoms with Crippen LogP contribution in [0.1, 0.15) is 33.3 Å². The Balaban J connectivity index is 0.00000363. The molecule has 0 bridgehead atoms.